The summed E-state index contributed by atoms with van der Waals surface area (Å²) in [5.41, 5.74) is 0.626. The molecule has 2 saturated carbocycles. The smallest absolute Gasteiger partial charge is 0.00787 e. The van der Waals surface area contributed by atoms with E-state index in [2.05, 4.69) is 25.5 Å². The van der Waals surface area contributed by atoms with Gasteiger partial charge in [-0.15, -0.1) is 0 Å². The molecule has 0 aromatic rings. The second kappa shape index (κ2) is 2.62. The zero-order chi connectivity index (χ0) is 8.89. The Hall–Kier alpha value is -0.260. The Morgan fingerprint density at radius 1 is 1.31 bits per heavy atom. The van der Waals surface area contributed by atoms with Crippen molar-refractivity contribution in [1.29, 1.82) is 0 Å². The normalized spacial score (nSPS) is 53.5. The van der Waals surface area contributed by atoms with Crippen molar-refractivity contribution in [2.75, 3.05) is 0 Å². The monoisotopic (exact) mass is 175 g/mol. The summed E-state index contributed by atoms with van der Waals surface area (Å²) >= 11 is 0. The van der Waals surface area contributed by atoms with Crippen molar-refractivity contribution in [2.24, 2.45) is 23.2 Å². The average Bonchev–Trinajstić information content (AvgIpc) is 2.77. The summed E-state index contributed by atoms with van der Waals surface area (Å²) in [6.45, 7) is 2.46. The lowest BCUT2D eigenvalue weighted by Crippen LogP contribution is -2.26. The van der Waals surface area contributed by atoms with Crippen LogP contribution in [0.4, 0.5) is 0 Å². The van der Waals surface area contributed by atoms with E-state index in [-0.39, 0.29) is 0 Å². The van der Waals surface area contributed by atoms with E-state index in [0.29, 0.717) is 5.41 Å². The van der Waals surface area contributed by atoms with E-state index >= 15 is 0 Å². The SMILES string of the molecule is CC1CCCC1C12C=CC([CH]C1)C2. The third kappa shape index (κ3) is 1.04. The molecule has 0 nitrogen and oxygen atoms in total. The Kier molecular flexibility index (Phi) is 1.63. The molecule has 2 bridgehead atoms. The molecule has 0 aliphatic heterocycles. The van der Waals surface area contributed by atoms with E-state index in [1.807, 2.05) is 0 Å². The van der Waals surface area contributed by atoms with Crippen LogP contribution in [0.25, 0.3) is 0 Å². The first kappa shape index (κ1) is 8.08. The van der Waals surface area contributed by atoms with Crippen LogP contribution in [-0.2, 0) is 0 Å². The van der Waals surface area contributed by atoms with Gasteiger partial charge in [0, 0.05) is 0 Å². The van der Waals surface area contributed by atoms with Crippen molar-refractivity contribution in [3.05, 3.63) is 18.6 Å². The quantitative estimate of drug-likeness (QED) is 0.534. The van der Waals surface area contributed by atoms with Gasteiger partial charge in [0.25, 0.3) is 0 Å². The van der Waals surface area contributed by atoms with Crippen LogP contribution in [0, 0.1) is 29.6 Å². The van der Waals surface area contributed by atoms with Gasteiger partial charge in [-0.2, -0.15) is 0 Å². The molecule has 71 valence electrons. The van der Waals surface area contributed by atoms with Crippen molar-refractivity contribution < 1.29 is 0 Å². The van der Waals surface area contributed by atoms with Crippen molar-refractivity contribution >= 4 is 0 Å². The summed E-state index contributed by atoms with van der Waals surface area (Å²) in [6, 6.07) is 0. The second-order valence-corrected chi connectivity index (χ2v) is 5.41. The number of hydrogen-bond donors (Lipinski definition) is 0. The van der Waals surface area contributed by atoms with Gasteiger partial charge in [-0.3, -0.25) is 0 Å². The molecule has 0 heterocycles. The van der Waals surface area contributed by atoms with Gasteiger partial charge in [0.15, 0.2) is 0 Å². The maximum atomic E-state index is 2.56. The van der Waals surface area contributed by atoms with Crippen LogP contribution in [-0.4, -0.2) is 0 Å². The molecule has 4 unspecified atom stereocenters. The van der Waals surface area contributed by atoms with Crippen LogP contribution in [0.1, 0.15) is 39.0 Å². The van der Waals surface area contributed by atoms with Gasteiger partial charge in [0.2, 0.25) is 0 Å². The van der Waals surface area contributed by atoms with Gasteiger partial charge in [-0.25, -0.2) is 0 Å². The topological polar surface area (TPSA) is 0 Å². The highest BCUT2D eigenvalue weighted by atomic mass is 14.5. The molecule has 3 aliphatic carbocycles. The van der Waals surface area contributed by atoms with Gasteiger partial charge < -0.3 is 0 Å². The van der Waals surface area contributed by atoms with Crippen LogP contribution in [0.3, 0.4) is 0 Å². The Labute approximate surface area is 81.4 Å². The molecule has 0 saturated heterocycles. The molecule has 0 heteroatoms. The number of allylic oxidation sites excluding steroid dienone is 2. The lowest BCUT2D eigenvalue weighted by Gasteiger charge is -2.34. The molecule has 0 aromatic carbocycles. The standard InChI is InChI=1S/C13H19/c1-10-3-2-4-12(10)13-7-5-11(9-13)6-8-13/h5-7,10-12H,2-4,8-9H2,1H3. The van der Waals surface area contributed by atoms with Crippen molar-refractivity contribution in [3.8, 4) is 0 Å². The fraction of sp³-hybridized carbons (Fsp3) is 0.769. The minimum Gasteiger partial charge on any atom is -0.0845 e. The molecule has 3 aliphatic rings. The maximum absolute atomic E-state index is 2.56. The molecule has 4 atom stereocenters. The first-order chi connectivity index (χ1) is 6.30. The molecule has 13 heavy (non-hydrogen) atoms. The molecular weight excluding hydrogens is 156 g/mol. The van der Waals surface area contributed by atoms with Crippen LogP contribution >= 0.6 is 0 Å². The second-order valence-electron chi connectivity index (χ2n) is 5.41. The van der Waals surface area contributed by atoms with Gasteiger partial charge in [-0.05, 0) is 48.9 Å². The highest BCUT2D eigenvalue weighted by molar-refractivity contribution is 5.23. The Morgan fingerprint density at radius 2 is 2.23 bits per heavy atom. The lowest BCUT2D eigenvalue weighted by molar-refractivity contribution is 0.199. The van der Waals surface area contributed by atoms with E-state index in [4.69, 9.17) is 0 Å². The number of rotatable bonds is 1. The Bertz CT molecular complexity index is 240. The third-order valence-corrected chi connectivity index (χ3v) is 4.69. The van der Waals surface area contributed by atoms with E-state index in [1.54, 1.807) is 0 Å². The van der Waals surface area contributed by atoms with Crippen LogP contribution < -0.4 is 0 Å². The van der Waals surface area contributed by atoms with E-state index < -0.39 is 0 Å². The lowest BCUT2D eigenvalue weighted by atomic mass is 9.71. The predicted octanol–water partition coefficient (Wildman–Crippen LogP) is 3.59. The molecule has 0 amide bonds. The summed E-state index contributed by atoms with van der Waals surface area (Å²) in [5.74, 6) is 2.83. The number of hydrogen-bond acceptors (Lipinski definition) is 0. The van der Waals surface area contributed by atoms with Crippen LogP contribution in [0.2, 0.25) is 0 Å². The summed E-state index contributed by atoms with van der Waals surface area (Å²) in [4.78, 5) is 0. The van der Waals surface area contributed by atoms with E-state index in [1.165, 1.54) is 32.1 Å². The van der Waals surface area contributed by atoms with Crippen molar-refractivity contribution in [1.82, 2.24) is 0 Å². The molecule has 3 rings (SSSR count). The summed E-state index contributed by atoms with van der Waals surface area (Å²) in [7, 11) is 0. The van der Waals surface area contributed by atoms with Crippen molar-refractivity contribution in [3.63, 3.8) is 0 Å². The maximum Gasteiger partial charge on any atom is -0.00787 e. The van der Waals surface area contributed by atoms with Crippen molar-refractivity contribution in [2.45, 2.75) is 39.0 Å². The van der Waals surface area contributed by atoms with Gasteiger partial charge in [-0.1, -0.05) is 31.9 Å². The Balaban J connectivity index is 1.87. The van der Waals surface area contributed by atoms with Gasteiger partial charge in [0.05, 0.1) is 0 Å². The fourth-order valence-electron chi connectivity index (χ4n) is 4.00. The molecule has 2 fully saturated rings. The summed E-state index contributed by atoms with van der Waals surface area (Å²) in [6.07, 6.45) is 14.8. The highest BCUT2D eigenvalue weighted by Gasteiger charge is 2.48. The first-order valence-electron chi connectivity index (χ1n) is 5.83. The average molecular weight is 175 g/mol. The van der Waals surface area contributed by atoms with E-state index in [9.17, 15) is 0 Å². The van der Waals surface area contributed by atoms with Gasteiger partial charge >= 0.3 is 0 Å². The molecule has 0 N–H and O–H groups in total. The largest absolute Gasteiger partial charge is 0.0845 e. The fourth-order valence-corrected chi connectivity index (χ4v) is 4.00. The molecular formula is C13H19. The third-order valence-electron chi connectivity index (χ3n) is 4.69. The minimum atomic E-state index is 0.626. The molecule has 1 radical (unpaired) electrons. The predicted molar refractivity (Wildman–Crippen MR) is 55.1 cm³/mol. The van der Waals surface area contributed by atoms with E-state index in [0.717, 1.165) is 17.8 Å². The van der Waals surface area contributed by atoms with Gasteiger partial charge in [0.1, 0.15) is 0 Å². The molecule has 0 aromatic heterocycles. The highest BCUT2D eigenvalue weighted by Crippen LogP contribution is 2.58. The Morgan fingerprint density at radius 3 is 2.69 bits per heavy atom. The molecule has 0 spiro atoms. The zero-order valence-electron chi connectivity index (χ0n) is 8.50. The van der Waals surface area contributed by atoms with Crippen LogP contribution in [0.5, 0.6) is 0 Å². The van der Waals surface area contributed by atoms with Crippen LogP contribution in [0.15, 0.2) is 12.2 Å². The zero-order valence-corrected chi connectivity index (χ0v) is 8.50. The first-order valence-corrected chi connectivity index (χ1v) is 5.83. The minimum absolute atomic E-state index is 0.626. The summed E-state index contributed by atoms with van der Waals surface area (Å²) in [5, 5.41) is 0. The summed E-state index contributed by atoms with van der Waals surface area (Å²) < 4.78 is 0. The number of fused-ring (bicyclic) bond motifs is 2.